The Morgan fingerprint density at radius 1 is 1.39 bits per heavy atom. The van der Waals surface area contributed by atoms with E-state index < -0.39 is 0 Å². The highest BCUT2D eigenvalue weighted by molar-refractivity contribution is 7.98. The number of hydrogen-bond acceptors (Lipinski definition) is 3. The van der Waals surface area contributed by atoms with Crippen LogP contribution in [0.2, 0.25) is 0 Å². The van der Waals surface area contributed by atoms with Crippen LogP contribution in [-0.2, 0) is 13.0 Å². The minimum Gasteiger partial charge on any atom is -0.370 e. The number of thioether (sulfide) groups is 1. The van der Waals surface area contributed by atoms with Crippen LogP contribution in [0.5, 0.6) is 0 Å². The van der Waals surface area contributed by atoms with E-state index in [1.807, 2.05) is 0 Å². The lowest BCUT2D eigenvalue weighted by atomic mass is 10.1. The minimum atomic E-state index is 0.913. The Balaban J connectivity index is 2.17. The average molecular weight is 259 g/mol. The van der Waals surface area contributed by atoms with Gasteiger partial charge in [0.25, 0.3) is 0 Å². The van der Waals surface area contributed by atoms with Gasteiger partial charge < -0.3 is 5.32 Å². The number of benzene rings is 1. The highest BCUT2D eigenvalue weighted by Gasteiger charge is 2.23. The zero-order chi connectivity index (χ0) is 12.5. The van der Waals surface area contributed by atoms with Gasteiger partial charge in [0, 0.05) is 29.1 Å². The predicted molar refractivity (Wildman–Crippen MR) is 77.3 cm³/mol. The molecule has 1 aromatic heterocycles. The lowest BCUT2D eigenvalue weighted by Gasteiger charge is -2.05. The highest BCUT2D eigenvalue weighted by Crippen LogP contribution is 2.36. The fraction of sp³-hybridized carbons (Fsp3) is 0.357. The highest BCUT2D eigenvalue weighted by atomic mass is 32.2. The molecule has 2 aromatic rings. The van der Waals surface area contributed by atoms with E-state index in [9.17, 15) is 0 Å². The number of nitrogens with one attached hydrogen (secondary N) is 1. The summed E-state index contributed by atoms with van der Waals surface area (Å²) in [7, 11) is 0. The number of rotatable bonds is 3. The Hall–Kier alpha value is -1.42. The summed E-state index contributed by atoms with van der Waals surface area (Å²) >= 11 is 1.78. The molecule has 0 saturated carbocycles. The van der Waals surface area contributed by atoms with E-state index in [-0.39, 0.29) is 0 Å². The van der Waals surface area contributed by atoms with Gasteiger partial charge in [0.15, 0.2) is 0 Å². The molecular formula is C14H17N3S. The molecule has 94 valence electrons. The first-order valence-electron chi connectivity index (χ1n) is 6.32. The molecule has 1 aliphatic rings. The van der Waals surface area contributed by atoms with Crippen LogP contribution < -0.4 is 5.32 Å². The first kappa shape index (κ1) is 11.7. The average Bonchev–Trinajstić information content (AvgIpc) is 3.00. The molecule has 18 heavy (non-hydrogen) atoms. The smallest absolute Gasteiger partial charge is 0.128 e. The van der Waals surface area contributed by atoms with E-state index in [0.717, 1.165) is 25.2 Å². The maximum atomic E-state index is 4.77. The van der Waals surface area contributed by atoms with Gasteiger partial charge in [0.2, 0.25) is 0 Å². The van der Waals surface area contributed by atoms with E-state index in [1.165, 1.54) is 21.8 Å². The molecule has 0 amide bonds. The molecular weight excluding hydrogens is 242 g/mol. The zero-order valence-electron chi connectivity index (χ0n) is 10.7. The van der Waals surface area contributed by atoms with Crippen molar-refractivity contribution in [3.8, 4) is 11.3 Å². The first-order valence-corrected chi connectivity index (χ1v) is 7.54. The summed E-state index contributed by atoms with van der Waals surface area (Å²) in [5, 5.41) is 8.21. The van der Waals surface area contributed by atoms with Crippen molar-refractivity contribution >= 4 is 17.6 Å². The molecule has 3 nitrogen and oxygen atoms in total. The number of nitrogens with zero attached hydrogens (tertiary/aromatic N) is 2. The van der Waals surface area contributed by atoms with Gasteiger partial charge in [-0.1, -0.05) is 18.2 Å². The summed E-state index contributed by atoms with van der Waals surface area (Å²) in [4.78, 5) is 1.30. The van der Waals surface area contributed by atoms with Gasteiger partial charge in [0.05, 0.1) is 5.69 Å². The Morgan fingerprint density at radius 3 is 3.00 bits per heavy atom. The Bertz CT molecular complexity index is 574. The molecule has 0 radical (unpaired) electrons. The van der Waals surface area contributed by atoms with Gasteiger partial charge in [0.1, 0.15) is 5.82 Å². The number of hydrogen-bond donors (Lipinski definition) is 1. The predicted octanol–water partition coefficient (Wildman–Crippen LogP) is 3.26. The molecule has 1 aliphatic heterocycles. The van der Waals surface area contributed by atoms with Gasteiger partial charge >= 0.3 is 0 Å². The molecule has 1 aromatic carbocycles. The molecule has 0 atom stereocenters. The second-order valence-electron chi connectivity index (χ2n) is 4.37. The Morgan fingerprint density at radius 2 is 2.22 bits per heavy atom. The van der Waals surface area contributed by atoms with Crippen molar-refractivity contribution in [3.63, 3.8) is 0 Å². The van der Waals surface area contributed by atoms with Crippen molar-refractivity contribution in [1.82, 2.24) is 9.78 Å². The molecule has 0 unspecified atom stereocenters. The minimum absolute atomic E-state index is 0.913. The van der Waals surface area contributed by atoms with E-state index in [4.69, 9.17) is 5.10 Å². The van der Waals surface area contributed by atoms with Crippen molar-refractivity contribution in [2.45, 2.75) is 24.8 Å². The van der Waals surface area contributed by atoms with Crippen LogP contribution in [0.4, 0.5) is 5.82 Å². The largest absolute Gasteiger partial charge is 0.370 e. The second kappa shape index (κ2) is 4.69. The van der Waals surface area contributed by atoms with E-state index in [2.05, 4.69) is 47.4 Å². The van der Waals surface area contributed by atoms with E-state index >= 15 is 0 Å². The normalized spacial score (nSPS) is 13.4. The van der Waals surface area contributed by atoms with Crippen LogP contribution in [0.3, 0.4) is 0 Å². The number of aromatic nitrogens is 2. The topological polar surface area (TPSA) is 29.9 Å². The Kier molecular flexibility index (Phi) is 3.04. The fourth-order valence-corrected chi connectivity index (χ4v) is 3.12. The van der Waals surface area contributed by atoms with Crippen LogP contribution in [-0.4, -0.2) is 22.6 Å². The van der Waals surface area contributed by atoms with Gasteiger partial charge in [-0.25, -0.2) is 4.68 Å². The first-order chi connectivity index (χ1) is 8.85. The summed E-state index contributed by atoms with van der Waals surface area (Å²) in [5.74, 6) is 1.21. The molecule has 0 saturated heterocycles. The third kappa shape index (κ3) is 1.72. The maximum Gasteiger partial charge on any atom is 0.128 e. The third-order valence-corrected chi connectivity index (χ3v) is 4.18. The van der Waals surface area contributed by atoms with Gasteiger partial charge in [-0.2, -0.15) is 5.10 Å². The van der Waals surface area contributed by atoms with Crippen molar-refractivity contribution in [2.75, 3.05) is 18.1 Å². The van der Waals surface area contributed by atoms with Crippen molar-refractivity contribution < 1.29 is 0 Å². The fourth-order valence-electron chi connectivity index (χ4n) is 2.53. The molecule has 1 N–H and O–H groups in total. The van der Waals surface area contributed by atoms with Crippen molar-refractivity contribution in [1.29, 1.82) is 0 Å². The summed E-state index contributed by atoms with van der Waals surface area (Å²) in [6.07, 6.45) is 3.20. The van der Waals surface area contributed by atoms with Crippen LogP contribution >= 0.6 is 11.8 Å². The number of anilines is 1. The number of aryl methyl sites for hydroxylation is 1. The molecule has 0 fully saturated rings. The van der Waals surface area contributed by atoms with Crippen molar-refractivity contribution in [2.24, 2.45) is 0 Å². The van der Waals surface area contributed by atoms with Gasteiger partial charge in [-0.3, -0.25) is 0 Å². The monoisotopic (exact) mass is 259 g/mol. The van der Waals surface area contributed by atoms with Gasteiger partial charge in [-0.05, 0) is 25.7 Å². The van der Waals surface area contributed by atoms with Crippen molar-refractivity contribution in [3.05, 3.63) is 29.8 Å². The third-order valence-electron chi connectivity index (χ3n) is 3.38. The lowest BCUT2D eigenvalue weighted by molar-refractivity contribution is 0.668. The second-order valence-corrected chi connectivity index (χ2v) is 5.22. The molecule has 0 spiro atoms. The molecule has 3 rings (SSSR count). The quantitative estimate of drug-likeness (QED) is 0.858. The Labute approximate surface area is 112 Å². The standard InChI is InChI=1S/C14H17N3S/c1-3-17-14-11(8-9-15-14)13(16-17)10-6-4-5-7-12(10)18-2/h4-7,15H,3,8-9H2,1-2H3. The van der Waals surface area contributed by atoms with Crippen LogP contribution in [0, 0.1) is 0 Å². The van der Waals surface area contributed by atoms with E-state index in [1.54, 1.807) is 11.8 Å². The molecule has 4 heteroatoms. The van der Waals surface area contributed by atoms with E-state index in [0.29, 0.717) is 0 Å². The molecule has 2 heterocycles. The molecule has 0 bridgehead atoms. The number of fused-ring (bicyclic) bond motifs is 1. The summed E-state index contributed by atoms with van der Waals surface area (Å²) in [6, 6.07) is 8.52. The zero-order valence-corrected chi connectivity index (χ0v) is 11.5. The summed E-state index contributed by atoms with van der Waals surface area (Å²) < 4.78 is 2.08. The summed E-state index contributed by atoms with van der Waals surface area (Å²) in [6.45, 7) is 4.08. The van der Waals surface area contributed by atoms with Gasteiger partial charge in [-0.15, -0.1) is 11.8 Å². The SMILES string of the molecule is CCn1nc(-c2ccccc2SC)c2c1NCC2. The van der Waals surface area contributed by atoms with Crippen LogP contribution in [0.1, 0.15) is 12.5 Å². The van der Waals surface area contributed by atoms with Crippen LogP contribution in [0.15, 0.2) is 29.2 Å². The summed E-state index contributed by atoms with van der Waals surface area (Å²) in [5.41, 5.74) is 3.79. The lowest BCUT2D eigenvalue weighted by Crippen LogP contribution is -2.04. The maximum absolute atomic E-state index is 4.77. The molecule has 0 aliphatic carbocycles. The van der Waals surface area contributed by atoms with Crippen LogP contribution in [0.25, 0.3) is 11.3 Å².